The maximum atomic E-state index is 11.5. The Morgan fingerprint density at radius 1 is 1.62 bits per heavy atom. The summed E-state index contributed by atoms with van der Waals surface area (Å²) in [6.45, 7) is 5.52. The molecule has 1 heterocycles. The molecule has 0 aromatic carbocycles. The minimum Gasteiger partial charge on any atom is -0.353 e. The lowest BCUT2D eigenvalue weighted by Crippen LogP contribution is -2.46. The van der Waals surface area contributed by atoms with Crippen LogP contribution in [0.5, 0.6) is 0 Å². The summed E-state index contributed by atoms with van der Waals surface area (Å²) in [6.07, 6.45) is 1.07. The molecule has 1 aliphatic rings. The van der Waals surface area contributed by atoms with Gasteiger partial charge in [-0.15, -0.1) is 12.4 Å². The summed E-state index contributed by atoms with van der Waals surface area (Å²) >= 11 is 0. The molecule has 0 aliphatic carbocycles. The summed E-state index contributed by atoms with van der Waals surface area (Å²) < 4.78 is 0. The second-order valence-corrected chi connectivity index (χ2v) is 3.86. The van der Waals surface area contributed by atoms with Gasteiger partial charge in [0.15, 0.2) is 0 Å². The van der Waals surface area contributed by atoms with E-state index in [4.69, 9.17) is 0 Å². The molecule has 5 nitrogen and oxygen atoms in total. The van der Waals surface area contributed by atoms with Crippen molar-refractivity contribution in [2.75, 3.05) is 13.1 Å². The zero-order valence-electron chi connectivity index (χ0n) is 9.71. The number of carbonyl (C=O) groups excluding carboxylic acids is 2. The number of likely N-dealkylation sites (N-methyl/N-ethyl adjacent to an activating group) is 1. The molecule has 1 fully saturated rings. The maximum absolute atomic E-state index is 11.5. The molecular weight excluding hydrogens is 230 g/mol. The van der Waals surface area contributed by atoms with Crippen LogP contribution in [0.3, 0.4) is 0 Å². The van der Waals surface area contributed by atoms with Crippen LogP contribution in [0.2, 0.25) is 0 Å². The van der Waals surface area contributed by atoms with E-state index in [2.05, 4.69) is 16.0 Å². The van der Waals surface area contributed by atoms with Crippen molar-refractivity contribution in [1.29, 1.82) is 0 Å². The van der Waals surface area contributed by atoms with Crippen molar-refractivity contribution in [2.24, 2.45) is 0 Å². The number of halogens is 1. The van der Waals surface area contributed by atoms with Crippen molar-refractivity contribution in [2.45, 2.75) is 38.8 Å². The van der Waals surface area contributed by atoms with E-state index in [0.717, 1.165) is 6.54 Å². The first-order chi connectivity index (χ1) is 7.13. The number of carbonyl (C=O) groups is 2. The molecule has 2 amide bonds. The quantitative estimate of drug-likeness (QED) is 0.632. The lowest BCUT2D eigenvalue weighted by atomic mass is 10.2. The van der Waals surface area contributed by atoms with Gasteiger partial charge >= 0.3 is 0 Å². The van der Waals surface area contributed by atoms with Gasteiger partial charge in [-0.1, -0.05) is 6.92 Å². The topological polar surface area (TPSA) is 70.2 Å². The Hall–Kier alpha value is -0.810. The van der Waals surface area contributed by atoms with E-state index < -0.39 is 0 Å². The first-order valence-corrected chi connectivity index (χ1v) is 5.44. The zero-order chi connectivity index (χ0) is 11.3. The molecule has 0 bridgehead atoms. The van der Waals surface area contributed by atoms with Gasteiger partial charge in [0.1, 0.15) is 6.04 Å². The molecule has 16 heavy (non-hydrogen) atoms. The minimum absolute atomic E-state index is 0. The predicted molar refractivity (Wildman–Crippen MR) is 64.6 cm³/mol. The first-order valence-electron chi connectivity index (χ1n) is 5.44. The molecule has 2 atom stereocenters. The highest BCUT2D eigenvalue weighted by molar-refractivity contribution is 5.90. The van der Waals surface area contributed by atoms with Crippen LogP contribution in [0.4, 0.5) is 0 Å². The van der Waals surface area contributed by atoms with E-state index in [1.165, 1.54) is 0 Å². The summed E-state index contributed by atoms with van der Waals surface area (Å²) in [5, 5.41) is 8.65. The zero-order valence-corrected chi connectivity index (χ0v) is 10.5. The van der Waals surface area contributed by atoms with Crippen molar-refractivity contribution in [3.05, 3.63) is 0 Å². The van der Waals surface area contributed by atoms with Crippen LogP contribution in [0.25, 0.3) is 0 Å². The van der Waals surface area contributed by atoms with Crippen LogP contribution >= 0.6 is 12.4 Å². The first kappa shape index (κ1) is 15.2. The predicted octanol–water partition coefficient (Wildman–Crippen LogP) is -0.199. The normalized spacial score (nSPS) is 20.9. The Balaban J connectivity index is 0.00000225. The van der Waals surface area contributed by atoms with Crippen LogP contribution in [0.1, 0.15) is 26.7 Å². The Kier molecular flexibility index (Phi) is 7.08. The molecule has 1 saturated heterocycles. The maximum Gasteiger partial charge on any atom is 0.242 e. The Morgan fingerprint density at radius 3 is 2.81 bits per heavy atom. The van der Waals surface area contributed by atoms with Crippen molar-refractivity contribution in [1.82, 2.24) is 16.0 Å². The summed E-state index contributed by atoms with van der Waals surface area (Å²) in [7, 11) is 0. The largest absolute Gasteiger partial charge is 0.353 e. The Labute approximate surface area is 102 Å². The van der Waals surface area contributed by atoms with Crippen molar-refractivity contribution >= 4 is 24.2 Å². The molecule has 0 aromatic rings. The van der Waals surface area contributed by atoms with Crippen LogP contribution < -0.4 is 16.0 Å². The number of nitrogens with one attached hydrogen (secondary N) is 3. The molecule has 0 spiro atoms. The van der Waals surface area contributed by atoms with Crippen LogP contribution in [-0.2, 0) is 9.59 Å². The van der Waals surface area contributed by atoms with Gasteiger partial charge in [0.05, 0.1) is 0 Å². The van der Waals surface area contributed by atoms with Gasteiger partial charge in [0.25, 0.3) is 0 Å². The van der Waals surface area contributed by atoms with Gasteiger partial charge in [0, 0.05) is 19.0 Å². The highest BCUT2D eigenvalue weighted by Crippen LogP contribution is 2.05. The molecule has 0 saturated carbocycles. The van der Waals surface area contributed by atoms with Crippen molar-refractivity contribution in [3.8, 4) is 0 Å². The third-order valence-electron chi connectivity index (χ3n) is 2.45. The van der Waals surface area contributed by atoms with Gasteiger partial charge in [-0.2, -0.15) is 0 Å². The summed E-state index contributed by atoms with van der Waals surface area (Å²) in [6, 6.07) is -0.0672. The monoisotopic (exact) mass is 249 g/mol. The highest BCUT2D eigenvalue weighted by Gasteiger charge is 2.26. The van der Waals surface area contributed by atoms with Gasteiger partial charge in [0.2, 0.25) is 11.8 Å². The number of rotatable bonds is 5. The third kappa shape index (κ3) is 4.81. The third-order valence-corrected chi connectivity index (χ3v) is 2.45. The molecule has 1 aliphatic heterocycles. The molecular formula is C10H20ClN3O2. The number of hydrogen-bond donors (Lipinski definition) is 3. The fourth-order valence-corrected chi connectivity index (χ4v) is 1.61. The fourth-order valence-electron chi connectivity index (χ4n) is 1.61. The second-order valence-electron chi connectivity index (χ2n) is 3.86. The smallest absolute Gasteiger partial charge is 0.242 e. The SMILES string of the molecule is CCN[C@H](C)CNC(=O)C1CCC(=O)N1.Cl. The molecule has 0 aromatic heterocycles. The van der Waals surface area contributed by atoms with Crippen LogP contribution in [0, 0.1) is 0 Å². The molecule has 94 valence electrons. The standard InChI is InChI=1S/C10H19N3O2.ClH/c1-3-11-7(2)6-12-10(15)8-4-5-9(14)13-8;/h7-8,11H,3-6H2,1-2H3,(H,12,15)(H,13,14);1H/t7-,8?;/m1./s1. The molecule has 6 heteroatoms. The fraction of sp³-hybridized carbons (Fsp3) is 0.800. The highest BCUT2D eigenvalue weighted by atomic mass is 35.5. The molecule has 3 N–H and O–H groups in total. The van der Waals surface area contributed by atoms with Crippen LogP contribution in [-0.4, -0.2) is 37.0 Å². The number of amides is 2. The number of hydrogen-bond acceptors (Lipinski definition) is 3. The Bertz CT molecular complexity index is 248. The van der Waals surface area contributed by atoms with Gasteiger partial charge in [-0.25, -0.2) is 0 Å². The van der Waals surface area contributed by atoms with Crippen molar-refractivity contribution in [3.63, 3.8) is 0 Å². The van der Waals surface area contributed by atoms with E-state index in [9.17, 15) is 9.59 Å². The lowest BCUT2D eigenvalue weighted by molar-refractivity contribution is -0.125. The lowest BCUT2D eigenvalue weighted by Gasteiger charge is -2.15. The average Bonchev–Trinajstić information content (AvgIpc) is 2.62. The van der Waals surface area contributed by atoms with Gasteiger partial charge < -0.3 is 16.0 Å². The molecule has 1 rings (SSSR count). The van der Waals surface area contributed by atoms with Gasteiger partial charge in [-0.05, 0) is 19.9 Å². The van der Waals surface area contributed by atoms with E-state index in [-0.39, 0.29) is 36.3 Å². The van der Waals surface area contributed by atoms with E-state index >= 15 is 0 Å². The summed E-state index contributed by atoms with van der Waals surface area (Å²) in [5.41, 5.74) is 0. The minimum atomic E-state index is -0.327. The molecule has 0 radical (unpaired) electrons. The van der Waals surface area contributed by atoms with E-state index in [1.807, 2.05) is 13.8 Å². The molecule has 1 unspecified atom stereocenters. The summed E-state index contributed by atoms with van der Waals surface area (Å²) in [5.74, 6) is -0.111. The average molecular weight is 250 g/mol. The van der Waals surface area contributed by atoms with E-state index in [1.54, 1.807) is 0 Å². The van der Waals surface area contributed by atoms with Crippen molar-refractivity contribution < 1.29 is 9.59 Å². The summed E-state index contributed by atoms with van der Waals surface area (Å²) in [4.78, 5) is 22.4. The Morgan fingerprint density at radius 2 is 2.31 bits per heavy atom. The van der Waals surface area contributed by atoms with Crippen LogP contribution in [0.15, 0.2) is 0 Å². The second kappa shape index (κ2) is 7.46. The van der Waals surface area contributed by atoms with Gasteiger partial charge in [-0.3, -0.25) is 9.59 Å². The van der Waals surface area contributed by atoms with E-state index in [0.29, 0.717) is 19.4 Å².